The molecule has 1 aromatic heterocycles. The molecule has 114 valence electrons. The van der Waals surface area contributed by atoms with Crippen molar-refractivity contribution in [1.29, 1.82) is 0 Å². The van der Waals surface area contributed by atoms with E-state index >= 15 is 0 Å². The van der Waals surface area contributed by atoms with Crippen molar-refractivity contribution in [2.75, 3.05) is 5.75 Å². The third kappa shape index (κ3) is 3.92. The second-order valence-corrected chi connectivity index (χ2v) is 6.45. The Kier molecular flexibility index (Phi) is 5.53. The van der Waals surface area contributed by atoms with Crippen molar-refractivity contribution in [3.05, 3.63) is 23.2 Å². The Labute approximate surface area is 133 Å². The molecule has 2 rings (SSSR count). The lowest BCUT2D eigenvalue weighted by atomic mass is 10.1. The van der Waals surface area contributed by atoms with E-state index in [4.69, 9.17) is 16.7 Å². The maximum atomic E-state index is 10.8. The molecular weight excluding hydrogens is 308 g/mol. The lowest BCUT2D eigenvalue weighted by molar-refractivity contribution is -0.133. The summed E-state index contributed by atoms with van der Waals surface area (Å²) >= 11 is 7.28. The van der Waals surface area contributed by atoms with Gasteiger partial charge in [-0.3, -0.25) is 4.79 Å². The van der Waals surface area contributed by atoms with Crippen LogP contribution in [0.15, 0.2) is 23.4 Å². The number of carboxylic acids is 1. The Morgan fingerprint density at radius 1 is 1.52 bits per heavy atom. The Morgan fingerprint density at radius 2 is 2.29 bits per heavy atom. The van der Waals surface area contributed by atoms with Crippen molar-refractivity contribution < 1.29 is 9.90 Å². The highest BCUT2D eigenvalue weighted by molar-refractivity contribution is 7.99. The molecule has 0 aliphatic carbocycles. The fraction of sp³-hybridized carbons (Fsp3) is 0.467. The van der Waals surface area contributed by atoms with Crippen LogP contribution in [0.3, 0.4) is 0 Å². The van der Waals surface area contributed by atoms with Crippen molar-refractivity contribution in [3.8, 4) is 0 Å². The molecule has 0 spiro atoms. The molecule has 0 fully saturated rings. The molecule has 1 unspecified atom stereocenters. The normalized spacial score (nSPS) is 12.7. The number of nitrogens with zero attached hydrogens (tertiary/aromatic N) is 2. The van der Waals surface area contributed by atoms with E-state index in [0.29, 0.717) is 5.02 Å². The van der Waals surface area contributed by atoms with E-state index in [1.165, 1.54) is 11.8 Å². The second-order valence-electron chi connectivity index (χ2n) is 5.07. The van der Waals surface area contributed by atoms with Gasteiger partial charge in [-0.2, -0.15) is 0 Å². The molecule has 0 radical (unpaired) electrons. The van der Waals surface area contributed by atoms with E-state index in [-0.39, 0.29) is 11.8 Å². The summed E-state index contributed by atoms with van der Waals surface area (Å²) in [6.45, 7) is 4.31. The summed E-state index contributed by atoms with van der Waals surface area (Å²) < 4.78 is 2.13. The summed E-state index contributed by atoms with van der Waals surface area (Å²) in [5, 5.41) is 10.3. The van der Waals surface area contributed by atoms with Crippen molar-refractivity contribution in [3.63, 3.8) is 0 Å². The van der Waals surface area contributed by atoms with Gasteiger partial charge in [-0.25, -0.2) is 4.98 Å². The summed E-state index contributed by atoms with van der Waals surface area (Å²) in [4.78, 5) is 15.4. The smallest absolute Gasteiger partial charge is 0.313 e. The highest BCUT2D eigenvalue weighted by Crippen LogP contribution is 2.31. The number of hydrogen-bond acceptors (Lipinski definition) is 3. The number of carboxylic acid groups (broad SMARTS) is 1. The molecule has 0 bridgehead atoms. The molecule has 0 aliphatic rings. The first-order valence-electron chi connectivity index (χ1n) is 7.05. The number of aliphatic carboxylic acids is 1. The number of imidazole rings is 1. The standard InChI is InChI=1S/C15H19ClN2O2S/c1-3-4-5-10(2)18-13-7-6-11(16)8-12(13)17-15(18)21-9-14(19)20/h6-8,10H,3-5,9H2,1-2H3,(H,19,20). The maximum absolute atomic E-state index is 10.8. The van der Waals surface area contributed by atoms with Crippen LogP contribution < -0.4 is 0 Å². The van der Waals surface area contributed by atoms with Crippen molar-refractivity contribution in [1.82, 2.24) is 9.55 Å². The Morgan fingerprint density at radius 3 is 2.95 bits per heavy atom. The predicted octanol–water partition coefficient (Wildman–Crippen LogP) is 4.62. The van der Waals surface area contributed by atoms with E-state index in [2.05, 4.69) is 23.4 Å². The summed E-state index contributed by atoms with van der Waals surface area (Å²) in [5.41, 5.74) is 1.83. The third-order valence-corrected chi connectivity index (χ3v) is 4.53. The molecule has 2 aromatic rings. The van der Waals surface area contributed by atoms with Gasteiger partial charge in [0.15, 0.2) is 5.16 Å². The summed E-state index contributed by atoms with van der Waals surface area (Å²) in [7, 11) is 0. The van der Waals surface area contributed by atoms with Crippen molar-refractivity contribution >= 4 is 40.4 Å². The first-order valence-corrected chi connectivity index (χ1v) is 8.41. The van der Waals surface area contributed by atoms with E-state index in [0.717, 1.165) is 35.5 Å². The van der Waals surface area contributed by atoms with E-state index in [1.807, 2.05) is 18.2 Å². The number of carbonyl (C=O) groups is 1. The topological polar surface area (TPSA) is 55.1 Å². The second kappa shape index (κ2) is 7.18. The van der Waals surface area contributed by atoms with Crippen LogP contribution in [0.25, 0.3) is 11.0 Å². The number of rotatable bonds is 7. The van der Waals surface area contributed by atoms with Gasteiger partial charge in [-0.05, 0) is 31.5 Å². The highest BCUT2D eigenvalue weighted by Gasteiger charge is 2.17. The molecule has 1 aromatic carbocycles. The molecule has 0 saturated heterocycles. The Bertz CT molecular complexity index is 642. The van der Waals surface area contributed by atoms with Gasteiger partial charge >= 0.3 is 5.97 Å². The quantitative estimate of drug-likeness (QED) is 0.754. The van der Waals surface area contributed by atoms with E-state index in [9.17, 15) is 4.79 Å². The summed E-state index contributed by atoms with van der Waals surface area (Å²) in [5.74, 6) is -0.824. The molecule has 0 amide bonds. The molecular formula is C15H19ClN2O2S. The van der Waals surface area contributed by atoms with Gasteiger partial charge < -0.3 is 9.67 Å². The molecule has 0 saturated carbocycles. The van der Waals surface area contributed by atoms with Crippen LogP contribution >= 0.6 is 23.4 Å². The molecule has 1 atom stereocenters. The van der Waals surface area contributed by atoms with Gasteiger partial charge in [0, 0.05) is 11.1 Å². The van der Waals surface area contributed by atoms with Gasteiger partial charge in [0.25, 0.3) is 0 Å². The van der Waals surface area contributed by atoms with E-state index in [1.54, 1.807) is 0 Å². The van der Waals surface area contributed by atoms with Crippen LogP contribution in [0, 0.1) is 0 Å². The van der Waals surface area contributed by atoms with Crippen LogP contribution in [-0.2, 0) is 4.79 Å². The van der Waals surface area contributed by atoms with Crippen LogP contribution in [-0.4, -0.2) is 26.4 Å². The first kappa shape index (κ1) is 16.2. The minimum absolute atomic E-state index is 0.0115. The van der Waals surface area contributed by atoms with Gasteiger partial charge in [0.1, 0.15) is 0 Å². The van der Waals surface area contributed by atoms with E-state index < -0.39 is 5.97 Å². The SMILES string of the molecule is CCCCC(C)n1c(SCC(=O)O)nc2cc(Cl)ccc21. The number of hydrogen-bond donors (Lipinski definition) is 1. The van der Waals surface area contributed by atoms with Crippen molar-refractivity contribution in [2.24, 2.45) is 0 Å². The highest BCUT2D eigenvalue weighted by atomic mass is 35.5. The molecule has 0 aliphatic heterocycles. The van der Waals surface area contributed by atoms with Gasteiger partial charge in [-0.1, -0.05) is 43.1 Å². The maximum Gasteiger partial charge on any atom is 0.313 e. The molecule has 4 nitrogen and oxygen atoms in total. The monoisotopic (exact) mass is 326 g/mol. The van der Waals surface area contributed by atoms with Crippen LogP contribution in [0.1, 0.15) is 39.2 Å². The zero-order chi connectivity index (χ0) is 15.4. The largest absolute Gasteiger partial charge is 0.481 e. The molecule has 6 heteroatoms. The number of unbranched alkanes of at least 4 members (excludes halogenated alkanes) is 1. The first-order chi connectivity index (χ1) is 10.0. The molecule has 21 heavy (non-hydrogen) atoms. The predicted molar refractivity (Wildman–Crippen MR) is 87.3 cm³/mol. The fourth-order valence-corrected chi connectivity index (χ4v) is 3.33. The van der Waals surface area contributed by atoms with Crippen LogP contribution in [0.2, 0.25) is 5.02 Å². The van der Waals surface area contributed by atoms with Crippen LogP contribution in [0.5, 0.6) is 0 Å². The number of halogens is 1. The fourth-order valence-electron chi connectivity index (χ4n) is 2.33. The van der Waals surface area contributed by atoms with Gasteiger partial charge in [0.2, 0.25) is 0 Å². The average Bonchev–Trinajstić information content (AvgIpc) is 2.79. The average molecular weight is 327 g/mol. The minimum atomic E-state index is -0.835. The zero-order valence-electron chi connectivity index (χ0n) is 12.2. The molecule has 1 N–H and O–H groups in total. The van der Waals surface area contributed by atoms with Gasteiger partial charge in [0.05, 0.1) is 16.8 Å². The zero-order valence-corrected chi connectivity index (χ0v) is 13.7. The molecule has 1 heterocycles. The Balaban J connectivity index is 2.41. The number of thioether (sulfide) groups is 1. The summed E-state index contributed by atoms with van der Waals surface area (Å²) in [6.07, 6.45) is 3.32. The summed E-state index contributed by atoms with van der Waals surface area (Å²) in [6, 6.07) is 5.91. The number of fused-ring (bicyclic) bond motifs is 1. The Hall–Kier alpha value is -1.20. The number of benzene rings is 1. The third-order valence-electron chi connectivity index (χ3n) is 3.36. The number of aromatic nitrogens is 2. The lowest BCUT2D eigenvalue weighted by Gasteiger charge is -2.16. The lowest BCUT2D eigenvalue weighted by Crippen LogP contribution is -2.08. The van der Waals surface area contributed by atoms with Crippen molar-refractivity contribution in [2.45, 2.75) is 44.3 Å². The van der Waals surface area contributed by atoms with Gasteiger partial charge in [-0.15, -0.1) is 0 Å². The minimum Gasteiger partial charge on any atom is -0.481 e. The van der Waals surface area contributed by atoms with Crippen LogP contribution in [0.4, 0.5) is 0 Å².